The fourth-order valence-corrected chi connectivity index (χ4v) is 11.5. The summed E-state index contributed by atoms with van der Waals surface area (Å²) >= 11 is 0. The Kier molecular flexibility index (Phi) is 16.8. The smallest absolute Gasteiger partial charge is 0.343 e. The normalized spacial score (nSPS) is 20.1. The Balaban J connectivity index is 0.736. The van der Waals surface area contributed by atoms with E-state index in [0.717, 1.165) is 27.6 Å². The molecule has 2 fully saturated rings. The second kappa shape index (κ2) is 23.7. The third-order valence-electron chi connectivity index (χ3n) is 15.9. The number of piperidine rings is 1. The van der Waals surface area contributed by atoms with Crippen LogP contribution in [0.15, 0.2) is 47.3 Å². The average molecular weight is 1080 g/mol. The van der Waals surface area contributed by atoms with E-state index in [9.17, 15) is 48.3 Å². The minimum atomic E-state index is -1.99. The number of imide groups is 1. The van der Waals surface area contributed by atoms with Crippen molar-refractivity contribution in [2.75, 3.05) is 46.0 Å². The van der Waals surface area contributed by atoms with Crippen LogP contribution in [0.4, 0.5) is 4.39 Å². The molecule has 4 atom stereocenters. The van der Waals surface area contributed by atoms with Crippen LogP contribution in [0.2, 0.25) is 0 Å². The van der Waals surface area contributed by atoms with Crippen LogP contribution in [-0.2, 0) is 79.4 Å². The lowest BCUT2D eigenvalue weighted by Crippen LogP contribution is -2.52. The van der Waals surface area contributed by atoms with E-state index in [1.54, 1.807) is 61.7 Å². The zero-order chi connectivity index (χ0) is 55.4. The van der Waals surface area contributed by atoms with E-state index >= 15 is 4.39 Å². The van der Waals surface area contributed by atoms with Crippen molar-refractivity contribution < 1.29 is 57.3 Å². The van der Waals surface area contributed by atoms with Gasteiger partial charge in [-0.05, 0) is 80.2 Å². The predicted molar refractivity (Wildman–Crippen MR) is 279 cm³/mol. The Hall–Kier alpha value is -7.43. The molecule has 21 nitrogen and oxygen atoms in total. The maximum Gasteiger partial charge on any atom is 0.343 e. The fourth-order valence-electron chi connectivity index (χ4n) is 11.5. The molecule has 78 heavy (non-hydrogen) atoms. The number of aromatic nitrogens is 2. The zero-order valence-electron chi connectivity index (χ0n) is 44.1. The Morgan fingerprint density at radius 1 is 0.885 bits per heavy atom. The second-order valence-electron chi connectivity index (χ2n) is 20.9. The van der Waals surface area contributed by atoms with Crippen molar-refractivity contribution in [3.63, 3.8) is 0 Å². The largest absolute Gasteiger partial charge is 0.458 e. The van der Waals surface area contributed by atoms with Gasteiger partial charge in [-0.15, -0.1) is 0 Å². The number of nitrogens with zero attached hydrogens (tertiary/aromatic N) is 4. The van der Waals surface area contributed by atoms with E-state index in [2.05, 4.69) is 31.5 Å². The molecule has 1 unspecified atom stereocenters. The van der Waals surface area contributed by atoms with Crippen LogP contribution in [0.1, 0.15) is 117 Å². The Labute approximate surface area is 449 Å². The van der Waals surface area contributed by atoms with Crippen molar-refractivity contribution in [3.8, 4) is 11.4 Å². The molecule has 414 valence electrons. The van der Waals surface area contributed by atoms with Gasteiger partial charge in [-0.1, -0.05) is 50.6 Å². The number of hydrogen-bond acceptors (Lipinski definition) is 14. The van der Waals surface area contributed by atoms with Gasteiger partial charge >= 0.3 is 5.97 Å². The van der Waals surface area contributed by atoms with E-state index in [0.29, 0.717) is 87.0 Å². The van der Waals surface area contributed by atoms with Crippen LogP contribution in [-0.4, -0.2) is 130 Å². The molecule has 7 amide bonds. The minimum absolute atomic E-state index is 0.00494. The topological polar surface area (TPSA) is 277 Å². The van der Waals surface area contributed by atoms with E-state index in [1.807, 2.05) is 0 Å². The molecule has 1 aliphatic carbocycles. The molecular formula is C56H66FN9O12. The number of pyridine rings is 2. The third-order valence-corrected chi connectivity index (χ3v) is 15.9. The lowest BCUT2D eigenvalue weighted by Gasteiger charge is -2.41. The number of unbranched alkanes of at least 4 members (excludes halogenated alkanes) is 2. The molecule has 2 aromatic carbocycles. The van der Waals surface area contributed by atoms with Crippen molar-refractivity contribution in [1.82, 2.24) is 45.9 Å². The number of ether oxygens (including phenoxy) is 2. The van der Waals surface area contributed by atoms with Crippen LogP contribution in [0.25, 0.3) is 22.3 Å². The van der Waals surface area contributed by atoms with E-state index < -0.39 is 54.3 Å². The molecule has 2 aromatic heterocycles. The van der Waals surface area contributed by atoms with Crippen LogP contribution >= 0.6 is 0 Å². The first-order valence-corrected chi connectivity index (χ1v) is 26.9. The molecule has 22 heteroatoms. The van der Waals surface area contributed by atoms with Crippen molar-refractivity contribution in [1.29, 1.82) is 0 Å². The van der Waals surface area contributed by atoms with Gasteiger partial charge in [-0.3, -0.25) is 48.2 Å². The number of fused-ring (bicyclic) bond motifs is 5. The molecule has 0 saturated carbocycles. The molecule has 0 spiro atoms. The summed E-state index contributed by atoms with van der Waals surface area (Å²) in [5, 5.41) is 25.2. The van der Waals surface area contributed by atoms with Crippen LogP contribution < -0.4 is 32.1 Å². The average Bonchev–Trinajstić information content (AvgIpc) is 4.15. The molecule has 2 saturated heterocycles. The maximum atomic E-state index is 15.5. The highest BCUT2D eigenvalue weighted by Gasteiger charge is 2.46. The lowest BCUT2D eigenvalue weighted by molar-refractivity contribution is -0.172. The lowest BCUT2D eigenvalue weighted by atomic mass is 9.80. The molecule has 5 aliphatic rings. The summed E-state index contributed by atoms with van der Waals surface area (Å²) in [5.41, 5.74) is 3.55. The fraction of sp³-hybridized carbons (Fsp3) is 0.500. The number of hydrogen-bond donors (Lipinski definition) is 6. The number of likely N-dealkylation sites (tertiary alicyclic amines) is 2. The minimum Gasteiger partial charge on any atom is -0.458 e. The molecule has 4 aliphatic heterocycles. The molecule has 4 aromatic rings. The molecule has 0 radical (unpaired) electrons. The van der Waals surface area contributed by atoms with Gasteiger partial charge in [0.05, 0.1) is 54.8 Å². The Bertz CT molecular complexity index is 3120. The number of benzene rings is 2. The number of nitrogens with one attached hydrogen (secondary N) is 5. The first-order valence-electron chi connectivity index (χ1n) is 26.9. The maximum absolute atomic E-state index is 15.5. The van der Waals surface area contributed by atoms with Crippen molar-refractivity contribution in [3.05, 3.63) is 97.6 Å². The van der Waals surface area contributed by atoms with Gasteiger partial charge < -0.3 is 45.7 Å². The monoisotopic (exact) mass is 1080 g/mol. The van der Waals surface area contributed by atoms with Gasteiger partial charge in [0.2, 0.25) is 41.4 Å². The van der Waals surface area contributed by atoms with Crippen molar-refractivity contribution in [2.24, 2.45) is 5.92 Å². The number of carbonyl (C=O) groups is 8. The summed E-state index contributed by atoms with van der Waals surface area (Å²) in [6.07, 6.45) is 4.52. The van der Waals surface area contributed by atoms with E-state index in [1.165, 1.54) is 11.0 Å². The summed E-state index contributed by atoms with van der Waals surface area (Å²) in [4.78, 5) is 124. The molecule has 6 heterocycles. The highest BCUT2D eigenvalue weighted by molar-refractivity contribution is 6.03. The Morgan fingerprint density at radius 3 is 2.33 bits per heavy atom. The first kappa shape index (κ1) is 55.3. The van der Waals surface area contributed by atoms with Gasteiger partial charge in [-0.25, -0.2) is 14.2 Å². The van der Waals surface area contributed by atoms with Gasteiger partial charge in [0, 0.05) is 73.4 Å². The SMILES string of the molecule is CC[C@@]1(O)C(=O)OCc2c1cc1n(c2=O)Cc2c-1nc1cc(F)c(C)c3c1c2[C@@H](N1CCC(OCNC(=O)CNC(=O)[C@H](Cc2ccccc2)NC(=O)CNC(=O)CNC(=O)CCCCCN2C(=O)CC(C)C2=O)CC1)CC3. The number of aryl methyl sites for hydroxylation is 1. The highest BCUT2D eigenvalue weighted by atomic mass is 19.1. The summed E-state index contributed by atoms with van der Waals surface area (Å²) in [7, 11) is 0. The number of aliphatic hydroxyl groups is 1. The van der Waals surface area contributed by atoms with Gasteiger partial charge in [0.1, 0.15) is 25.2 Å². The number of rotatable bonds is 21. The van der Waals surface area contributed by atoms with Gasteiger partial charge in [0.15, 0.2) is 5.60 Å². The number of esters is 1. The summed E-state index contributed by atoms with van der Waals surface area (Å²) < 4.78 is 28.5. The number of carbonyl (C=O) groups excluding carboxylic acids is 8. The molecule has 0 bridgehead atoms. The van der Waals surface area contributed by atoms with Crippen LogP contribution in [0.5, 0.6) is 0 Å². The highest BCUT2D eigenvalue weighted by Crippen LogP contribution is 2.48. The molecular weight excluding hydrogens is 1010 g/mol. The number of amides is 7. The second-order valence-corrected chi connectivity index (χ2v) is 20.9. The number of cyclic esters (lactones) is 1. The number of halogens is 1. The Morgan fingerprint density at radius 2 is 1.60 bits per heavy atom. The van der Waals surface area contributed by atoms with Gasteiger partial charge in [-0.2, -0.15) is 0 Å². The third kappa shape index (κ3) is 11.6. The van der Waals surface area contributed by atoms with Crippen molar-refractivity contribution >= 4 is 58.2 Å². The van der Waals surface area contributed by atoms with E-state index in [4.69, 9.17) is 14.5 Å². The summed E-state index contributed by atoms with van der Waals surface area (Å²) in [6.45, 7) is 5.33. The predicted octanol–water partition coefficient (Wildman–Crippen LogP) is 2.10. The first-order chi connectivity index (χ1) is 37.4. The van der Waals surface area contributed by atoms with Crippen LogP contribution in [0, 0.1) is 18.7 Å². The van der Waals surface area contributed by atoms with Crippen molar-refractivity contribution in [2.45, 2.75) is 128 Å². The zero-order valence-corrected chi connectivity index (χ0v) is 44.1. The molecule has 9 rings (SSSR count). The molecule has 6 N–H and O–H groups in total. The summed E-state index contributed by atoms with van der Waals surface area (Å²) in [6, 6.07) is 10.9. The quantitative estimate of drug-likeness (QED) is 0.0266. The summed E-state index contributed by atoms with van der Waals surface area (Å²) in [5.74, 6) is -4.65. The van der Waals surface area contributed by atoms with E-state index in [-0.39, 0.29) is 110 Å². The van der Waals surface area contributed by atoms with Gasteiger partial charge in [0.25, 0.3) is 5.56 Å². The van der Waals surface area contributed by atoms with Crippen LogP contribution in [0.3, 0.4) is 0 Å². The standard InChI is InChI=1S/C56H66FN9O12/c1-4-56(76)38-23-43-51-36(28-66(43)54(74)37(38)29-77-55(56)75)50-42(15-14-35-32(3)39(57)24-40(63-51)49(35)50)64-19-16-34(17-20-64)78-30-61-46(69)26-60-52(72)41(22-33-11-7-5-8-12-33)62-47(70)27-59-45(68)25-58-44(67)13-9-6-10-18-65-48(71)21-31(2)53(65)73/h5,7-8,11-12,23-24,31,34,41-42,76H,4,6,9-10,13-22,25-30H2,1-3H3,(H,58,67)(H,59,68)(H,60,72)(H,61,69)(H,62,70)/t31?,41-,42-,56-/m0/s1.